The zero-order valence-corrected chi connectivity index (χ0v) is 17.7. The fraction of sp³-hybridized carbons (Fsp3) is 0.320. The van der Waals surface area contributed by atoms with Crippen LogP contribution in [0.3, 0.4) is 0 Å². The van der Waals surface area contributed by atoms with Gasteiger partial charge in [0.15, 0.2) is 0 Å². The second-order valence-corrected chi connectivity index (χ2v) is 9.03. The van der Waals surface area contributed by atoms with Crippen molar-refractivity contribution in [3.05, 3.63) is 77.0 Å². The lowest BCUT2D eigenvalue weighted by atomic mass is 9.63. The maximum absolute atomic E-state index is 14.1. The average molecular weight is 422 g/mol. The van der Waals surface area contributed by atoms with Gasteiger partial charge in [-0.2, -0.15) is 0 Å². The van der Waals surface area contributed by atoms with Gasteiger partial charge in [-0.3, -0.25) is 14.6 Å². The first-order chi connectivity index (χ1) is 14.7. The summed E-state index contributed by atoms with van der Waals surface area (Å²) in [6.07, 6.45) is 1.01. The SMILES string of the molecule is CC1=C(C(=O)Nc2ccccc2F)[C@@H](c2ccc(F)cc2)[C@@H]2C(=O)CC(C)(C)CC2=N1. The van der Waals surface area contributed by atoms with Gasteiger partial charge in [-0.15, -0.1) is 0 Å². The summed E-state index contributed by atoms with van der Waals surface area (Å²) in [5.74, 6) is -2.66. The molecule has 2 aliphatic rings. The third-order valence-corrected chi connectivity index (χ3v) is 5.96. The van der Waals surface area contributed by atoms with Gasteiger partial charge in [-0.25, -0.2) is 8.78 Å². The number of aliphatic imine (C=N–C) groups is 1. The number of allylic oxidation sites excluding steroid dienone is 1. The van der Waals surface area contributed by atoms with E-state index in [1.807, 2.05) is 13.8 Å². The fourth-order valence-electron chi connectivity index (χ4n) is 4.67. The molecular formula is C25H24F2N2O2. The van der Waals surface area contributed by atoms with Gasteiger partial charge in [-0.05, 0) is 48.6 Å². The van der Waals surface area contributed by atoms with Crippen LogP contribution in [0.15, 0.2) is 64.8 Å². The molecule has 1 N–H and O–H groups in total. The van der Waals surface area contributed by atoms with Crippen LogP contribution in [0.25, 0.3) is 0 Å². The molecule has 2 aromatic rings. The Kier molecular flexibility index (Phi) is 5.33. The molecule has 2 aromatic carbocycles. The van der Waals surface area contributed by atoms with E-state index in [2.05, 4.69) is 10.3 Å². The molecular weight excluding hydrogens is 398 g/mol. The lowest BCUT2D eigenvalue weighted by molar-refractivity contribution is -0.124. The summed E-state index contributed by atoms with van der Waals surface area (Å²) in [7, 11) is 0. The largest absolute Gasteiger partial charge is 0.320 e. The molecule has 4 rings (SSSR count). The topological polar surface area (TPSA) is 58.5 Å². The smallest absolute Gasteiger partial charge is 0.254 e. The Morgan fingerprint density at radius 3 is 2.39 bits per heavy atom. The highest BCUT2D eigenvalue weighted by molar-refractivity contribution is 6.14. The number of halogens is 2. The van der Waals surface area contributed by atoms with Crippen molar-refractivity contribution in [3.63, 3.8) is 0 Å². The van der Waals surface area contributed by atoms with E-state index >= 15 is 0 Å². The number of anilines is 1. The van der Waals surface area contributed by atoms with Gasteiger partial charge < -0.3 is 5.32 Å². The van der Waals surface area contributed by atoms with Gasteiger partial charge in [0.05, 0.1) is 11.6 Å². The highest BCUT2D eigenvalue weighted by atomic mass is 19.1. The monoisotopic (exact) mass is 422 g/mol. The molecule has 2 atom stereocenters. The molecule has 1 saturated carbocycles. The molecule has 0 unspecified atom stereocenters. The van der Waals surface area contributed by atoms with Crippen molar-refractivity contribution in [2.45, 2.75) is 39.5 Å². The number of carbonyl (C=O) groups is 2. The number of carbonyl (C=O) groups excluding carboxylic acids is 2. The van der Waals surface area contributed by atoms with Crippen LogP contribution in [0, 0.1) is 23.0 Å². The molecule has 0 spiro atoms. The Balaban J connectivity index is 1.82. The number of nitrogens with one attached hydrogen (secondary N) is 1. The summed E-state index contributed by atoms with van der Waals surface area (Å²) in [6.45, 7) is 5.77. The number of amides is 1. The van der Waals surface area contributed by atoms with Crippen molar-refractivity contribution in [3.8, 4) is 0 Å². The summed E-state index contributed by atoms with van der Waals surface area (Å²) >= 11 is 0. The first-order valence-corrected chi connectivity index (χ1v) is 10.3. The molecule has 1 amide bonds. The summed E-state index contributed by atoms with van der Waals surface area (Å²) in [5.41, 5.74) is 2.03. The molecule has 0 saturated heterocycles. The van der Waals surface area contributed by atoms with Gasteiger partial charge in [0.25, 0.3) is 5.91 Å². The second kappa shape index (κ2) is 7.84. The van der Waals surface area contributed by atoms with E-state index in [9.17, 15) is 18.4 Å². The molecule has 0 bridgehead atoms. The van der Waals surface area contributed by atoms with Crippen LogP contribution in [0.5, 0.6) is 0 Å². The predicted octanol–water partition coefficient (Wildman–Crippen LogP) is 5.42. The van der Waals surface area contributed by atoms with E-state index in [-0.39, 0.29) is 16.9 Å². The zero-order chi connectivity index (χ0) is 22.3. The van der Waals surface area contributed by atoms with Crippen LogP contribution in [-0.2, 0) is 9.59 Å². The highest BCUT2D eigenvalue weighted by Crippen LogP contribution is 2.47. The van der Waals surface area contributed by atoms with Gasteiger partial charge in [0.2, 0.25) is 0 Å². The summed E-state index contributed by atoms with van der Waals surface area (Å²) in [4.78, 5) is 31.2. The van der Waals surface area contributed by atoms with Gasteiger partial charge in [0, 0.05) is 29.3 Å². The number of para-hydroxylation sites is 1. The Morgan fingerprint density at radius 2 is 1.71 bits per heavy atom. The quantitative estimate of drug-likeness (QED) is 0.718. The van der Waals surface area contributed by atoms with Gasteiger partial charge in [-0.1, -0.05) is 38.1 Å². The number of hydrogen-bond donors (Lipinski definition) is 1. The van der Waals surface area contributed by atoms with Gasteiger partial charge in [0.1, 0.15) is 17.4 Å². The predicted molar refractivity (Wildman–Crippen MR) is 116 cm³/mol. The van der Waals surface area contributed by atoms with Crippen molar-refractivity contribution in [2.75, 3.05) is 5.32 Å². The maximum Gasteiger partial charge on any atom is 0.254 e. The fourth-order valence-corrected chi connectivity index (χ4v) is 4.67. The van der Waals surface area contributed by atoms with E-state index < -0.39 is 29.4 Å². The first-order valence-electron chi connectivity index (χ1n) is 10.3. The summed E-state index contributed by atoms with van der Waals surface area (Å²) in [6, 6.07) is 11.7. The molecule has 1 heterocycles. The third kappa shape index (κ3) is 4.07. The Bertz CT molecular complexity index is 1120. The molecule has 6 heteroatoms. The Hall–Kier alpha value is -3.15. The van der Waals surface area contributed by atoms with E-state index in [1.54, 1.807) is 25.1 Å². The van der Waals surface area contributed by atoms with E-state index in [0.717, 1.165) is 5.71 Å². The van der Waals surface area contributed by atoms with Gasteiger partial charge >= 0.3 is 0 Å². The molecule has 160 valence electrons. The average Bonchev–Trinajstić information content (AvgIpc) is 2.68. The number of ketones is 1. The van der Waals surface area contributed by atoms with Crippen molar-refractivity contribution >= 4 is 23.1 Å². The van der Waals surface area contributed by atoms with Crippen molar-refractivity contribution in [1.29, 1.82) is 0 Å². The third-order valence-electron chi connectivity index (χ3n) is 5.96. The molecule has 1 aliphatic carbocycles. The molecule has 1 fully saturated rings. The first kappa shape index (κ1) is 21.1. The standard InChI is InChI=1S/C25H24F2N2O2/c1-14-21(24(31)29-18-7-5-4-6-17(18)27)22(15-8-10-16(26)11-9-15)23-19(28-14)12-25(2,3)13-20(23)30/h4-11,22-23H,12-13H2,1-3H3,(H,29,31)/t22-,23+/m1/s1. The second-order valence-electron chi connectivity index (χ2n) is 9.03. The highest BCUT2D eigenvalue weighted by Gasteiger charge is 2.47. The molecule has 31 heavy (non-hydrogen) atoms. The van der Waals surface area contributed by atoms with Crippen molar-refractivity contribution in [1.82, 2.24) is 0 Å². The normalized spacial score (nSPS) is 22.6. The zero-order valence-electron chi connectivity index (χ0n) is 17.7. The number of hydrogen-bond acceptors (Lipinski definition) is 3. The van der Waals surface area contributed by atoms with Crippen LogP contribution in [0.1, 0.15) is 45.1 Å². The number of benzene rings is 2. The molecule has 0 radical (unpaired) electrons. The maximum atomic E-state index is 14.1. The molecule has 0 aromatic heterocycles. The lowest BCUT2D eigenvalue weighted by Gasteiger charge is -2.41. The Labute approximate surface area is 180 Å². The summed E-state index contributed by atoms with van der Waals surface area (Å²) < 4.78 is 27.7. The Morgan fingerprint density at radius 1 is 1.03 bits per heavy atom. The molecule has 1 aliphatic heterocycles. The van der Waals surface area contributed by atoms with Crippen molar-refractivity contribution in [2.24, 2.45) is 16.3 Å². The van der Waals surface area contributed by atoms with Crippen LogP contribution in [0.4, 0.5) is 14.5 Å². The van der Waals surface area contributed by atoms with Crippen LogP contribution in [0.2, 0.25) is 0 Å². The van der Waals surface area contributed by atoms with E-state index in [0.29, 0.717) is 29.7 Å². The summed E-state index contributed by atoms with van der Waals surface area (Å²) in [5, 5.41) is 2.62. The van der Waals surface area contributed by atoms with Crippen molar-refractivity contribution < 1.29 is 18.4 Å². The minimum absolute atomic E-state index is 0.00742. The number of nitrogens with zero attached hydrogens (tertiary/aromatic N) is 1. The van der Waals surface area contributed by atoms with Crippen LogP contribution >= 0.6 is 0 Å². The number of Topliss-reactive ketones (excluding diaryl/α,β-unsaturated/α-hetero) is 1. The molecule has 4 nitrogen and oxygen atoms in total. The minimum atomic E-state index is -0.608. The number of fused-ring (bicyclic) bond motifs is 1. The minimum Gasteiger partial charge on any atom is -0.320 e. The van der Waals surface area contributed by atoms with Crippen LogP contribution in [-0.4, -0.2) is 17.4 Å². The van der Waals surface area contributed by atoms with Crippen LogP contribution < -0.4 is 5.32 Å². The van der Waals surface area contributed by atoms with E-state index in [1.165, 1.54) is 30.3 Å². The lowest BCUT2D eigenvalue weighted by Crippen LogP contribution is -2.44. The van der Waals surface area contributed by atoms with E-state index in [4.69, 9.17) is 0 Å². The number of rotatable bonds is 3.